The minimum absolute atomic E-state index is 0.0588. The molecule has 0 aliphatic carbocycles. The van der Waals surface area contributed by atoms with Gasteiger partial charge in [-0.3, -0.25) is 9.59 Å². The second-order valence-corrected chi connectivity index (χ2v) is 6.37. The Morgan fingerprint density at radius 1 is 1.39 bits per heavy atom. The van der Waals surface area contributed by atoms with Crippen molar-refractivity contribution >= 4 is 17.6 Å². The fourth-order valence-electron chi connectivity index (χ4n) is 4.03. The largest absolute Gasteiger partial charge is 0.469 e. The van der Waals surface area contributed by atoms with Crippen molar-refractivity contribution in [2.75, 3.05) is 18.6 Å². The minimum atomic E-state index is -0.690. The minimum Gasteiger partial charge on any atom is -0.469 e. The maximum absolute atomic E-state index is 13.0. The van der Waals surface area contributed by atoms with Crippen LogP contribution in [0.5, 0.6) is 0 Å². The first kappa shape index (κ1) is 14.5. The predicted octanol–water partition coefficient (Wildman–Crippen LogP) is 1.71. The SMILES string of the molecule is CCc1ccc(N2C[C@@]34C=C[C@H](O3)[C@@H](C(=O)OC)[C@H]4C2=O)cc1. The van der Waals surface area contributed by atoms with E-state index in [2.05, 4.69) is 6.92 Å². The summed E-state index contributed by atoms with van der Waals surface area (Å²) in [6, 6.07) is 7.97. The smallest absolute Gasteiger partial charge is 0.312 e. The molecular formula is C18H19NO4. The van der Waals surface area contributed by atoms with Gasteiger partial charge in [-0.2, -0.15) is 0 Å². The third kappa shape index (κ3) is 1.89. The lowest BCUT2D eigenvalue weighted by Crippen LogP contribution is -2.39. The Morgan fingerprint density at radius 3 is 2.78 bits per heavy atom. The molecule has 0 saturated carbocycles. The summed E-state index contributed by atoms with van der Waals surface area (Å²) in [5, 5.41) is 0. The van der Waals surface area contributed by atoms with E-state index in [9.17, 15) is 9.59 Å². The molecule has 23 heavy (non-hydrogen) atoms. The number of carbonyl (C=O) groups is 2. The molecule has 4 atom stereocenters. The van der Waals surface area contributed by atoms with Crippen LogP contribution in [0, 0.1) is 11.8 Å². The number of carbonyl (C=O) groups excluding carboxylic acids is 2. The lowest BCUT2D eigenvalue weighted by atomic mass is 9.77. The summed E-state index contributed by atoms with van der Waals surface area (Å²) in [5.41, 5.74) is 1.38. The molecule has 2 bridgehead atoms. The average molecular weight is 313 g/mol. The summed E-state index contributed by atoms with van der Waals surface area (Å²) < 4.78 is 10.9. The van der Waals surface area contributed by atoms with E-state index in [4.69, 9.17) is 9.47 Å². The van der Waals surface area contributed by atoms with Crippen LogP contribution in [0.25, 0.3) is 0 Å². The van der Waals surface area contributed by atoms with Crippen LogP contribution in [0.1, 0.15) is 12.5 Å². The molecule has 0 aromatic heterocycles. The maximum atomic E-state index is 13.0. The Morgan fingerprint density at radius 2 is 2.13 bits per heavy atom. The fraction of sp³-hybridized carbons (Fsp3) is 0.444. The molecule has 0 radical (unpaired) electrons. The van der Waals surface area contributed by atoms with E-state index in [-0.39, 0.29) is 18.0 Å². The van der Waals surface area contributed by atoms with Gasteiger partial charge in [0.25, 0.3) is 0 Å². The Kier molecular flexibility index (Phi) is 3.10. The van der Waals surface area contributed by atoms with Crippen LogP contribution >= 0.6 is 0 Å². The van der Waals surface area contributed by atoms with Gasteiger partial charge in [-0.15, -0.1) is 0 Å². The zero-order chi connectivity index (χ0) is 16.2. The topological polar surface area (TPSA) is 55.8 Å². The summed E-state index contributed by atoms with van der Waals surface area (Å²) in [6.07, 6.45) is 4.44. The van der Waals surface area contributed by atoms with Crippen molar-refractivity contribution in [3.8, 4) is 0 Å². The monoisotopic (exact) mass is 313 g/mol. The number of hydrogen-bond donors (Lipinski definition) is 0. The number of fused-ring (bicyclic) bond motifs is 1. The molecule has 5 nitrogen and oxygen atoms in total. The van der Waals surface area contributed by atoms with Gasteiger partial charge in [0, 0.05) is 5.69 Å². The van der Waals surface area contributed by atoms with Crippen LogP contribution in [-0.4, -0.2) is 37.2 Å². The van der Waals surface area contributed by atoms with Crippen molar-refractivity contribution in [1.82, 2.24) is 0 Å². The van der Waals surface area contributed by atoms with Crippen molar-refractivity contribution in [2.24, 2.45) is 11.8 Å². The van der Waals surface area contributed by atoms with E-state index < -0.39 is 17.4 Å². The van der Waals surface area contributed by atoms with Crippen LogP contribution in [0.4, 0.5) is 5.69 Å². The highest BCUT2D eigenvalue weighted by Crippen LogP contribution is 2.52. The number of methoxy groups -OCH3 is 1. The van der Waals surface area contributed by atoms with Gasteiger partial charge in [0.2, 0.25) is 5.91 Å². The fourth-order valence-corrected chi connectivity index (χ4v) is 4.03. The number of esters is 1. The number of anilines is 1. The molecule has 1 aromatic rings. The summed E-state index contributed by atoms with van der Waals surface area (Å²) in [5.74, 6) is -1.47. The molecule has 1 spiro atoms. The summed E-state index contributed by atoms with van der Waals surface area (Å²) in [4.78, 5) is 26.8. The van der Waals surface area contributed by atoms with Gasteiger partial charge < -0.3 is 14.4 Å². The Labute approximate surface area is 134 Å². The molecular weight excluding hydrogens is 294 g/mol. The zero-order valence-electron chi connectivity index (χ0n) is 13.2. The average Bonchev–Trinajstić information content (AvgIpc) is 3.22. The molecule has 3 heterocycles. The standard InChI is InChI=1S/C18H19NO4/c1-3-11-4-6-12(7-5-11)19-10-18-9-8-13(23-18)14(17(21)22-2)15(18)16(19)20/h4-9,13-15H,3,10H2,1-2H3/t13-,14+,15-,18+/m0/s1. The van der Waals surface area contributed by atoms with Gasteiger partial charge in [-0.1, -0.05) is 31.2 Å². The van der Waals surface area contributed by atoms with Gasteiger partial charge in [-0.25, -0.2) is 0 Å². The van der Waals surface area contributed by atoms with E-state index in [1.165, 1.54) is 12.7 Å². The van der Waals surface area contributed by atoms with E-state index >= 15 is 0 Å². The molecule has 3 aliphatic heterocycles. The molecule has 120 valence electrons. The lowest BCUT2D eigenvalue weighted by Gasteiger charge is -2.22. The van der Waals surface area contributed by atoms with Crippen molar-refractivity contribution < 1.29 is 19.1 Å². The number of amides is 1. The van der Waals surface area contributed by atoms with Crippen LogP contribution in [0.15, 0.2) is 36.4 Å². The highest BCUT2D eigenvalue weighted by atomic mass is 16.5. The summed E-state index contributed by atoms with van der Waals surface area (Å²) in [6.45, 7) is 2.54. The van der Waals surface area contributed by atoms with Gasteiger partial charge in [0.1, 0.15) is 11.5 Å². The number of rotatable bonds is 3. The van der Waals surface area contributed by atoms with E-state index in [1.54, 1.807) is 4.90 Å². The lowest BCUT2D eigenvalue weighted by molar-refractivity contribution is -0.149. The quantitative estimate of drug-likeness (QED) is 0.630. The first-order chi connectivity index (χ1) is 11.1. The Bertz CT molecular complexity index is 695. The Hall–Kier alpha value is -2.14. The van der Waals surface area contributed by atoms with Gasteiger partial charge in [0.15, 0.2) is 0 Å². The van der Waals surface area contributed by atoms with E-state index in [1.807, 2.05) is 36.4 Å². The molecule has 1 aromatic carbocycles. The van der Waals surface area contributed by atoms with Crippen LogP contribution in [-0.2, 0) is 25.5 Å². The third-order valence-corrected chi connectivity index (χ3v) is 5.23. The van der Waals surface area contributed by atoms with Crippen molar-refractivity contribution in [1.29, 1.82) is 0 Å². The van der Waals surface area contributed by atoms with Crippen molar-refractivity contribution in [2.45, 2.75) is 25.0 Å². The van der Waals surface area contributed by atoms with Crippen LogP contribution in [0.3, 0.4) is 0 Å². The van der Waals surface area contributed by atoms with Gasteiger partial charge in [-0.05, 0) is 24.1 Å². The van der Waals surface area contributed by atoms with Crippen LogP contribution in [0.2, 0.25) is 0 Å². The number of benzene rings is 1. The number of hydrogen-bond acceptors (Lipinski definition) is 4. The van der Waals surface area contributed by atoms with E-state index in [0.717, 1.165) is 12.1 Å². The maximum Gasteiger partial charge on any atom is 0.312 e. The molecule has 2 saturated heterocycles. The predicted molar refractivity (Wildman–Crippen MR) is 83.9 cm³/mol. The molecule has 2 fully saturated rings. The zero-order valence-corrected chi connectivity index (χ0v) is 13.2. The second kappa shape index (κ2) is 4.93. The van der Waals surface area contributed by atoms with Gasteiger partial charge in [0.05, 0.1) is 25.7 Å². The molecule has 5 heteroatoms. The van der Waals surface area contributed by atoms with E-state index in [0.29, 0.717) is 6.54 Å². The molecule has 1 amide bonds. The summed E-state index contributed by atoms with van der Waals surface area (Å²) >= 11 is 0. The first-order valence-corrected chi connectivity index (χ1v) is 7.95. The Balaban J connectivity index is 1.68. The molecule has 0 N–H and O–H groups in total. The molecule has 4 rings (SSSR count). The highest BCUT2D eigenvalue weighted by Gasteiger charge is 2.67. The normalized spacial score (nSPS) is 34.1. The number of nitrogens with zero attached hydrogens (tertiary/aromatic N) is 1. The number of ether oxygens (including phenoxy) is 2. The molecule has 0 unspecified atom stereocenters. The van der Waals surface area contributed by atoms with Crippen LogP contribution < -0.4 is 4.90 Å². The first-order valence-electron chi connectivity index (χ1n) is 7.95. The number of aryl methyl sites for hydroxylation is 1. The van der Waals surface area contributed by atoms with Crippen molar-refractivity contribution in [3.05, 3.63) is 42.0 Å². The molecule has 3 aliphatic rings. The van der Waals surface area contributed by atoms with Crippen molar-refractivity contribution in [3.63, 3.8) is 0 Å². The second-order valence-electron chi connectivity index (χ2n) is 6.37. The third-order valence-electron chi connectivity index (χ3n) is 5.23. The summed E-state index contributed by atoms with van der Waals surface area (Å²) in [7, 11) is 1.35. The highest BCUT2D eigenvalue weighted by molar-refractivity contribution is 6.02. The van der Waals surface area contributed by atoms with Gasteiger partial charge >= 0.3 is 5.97 Å².